The highest BCUT2D eigenvalue weighted by Crippen LogP contribution is 2.14. The van der Waals surface area contributed by atoms with Gasteiger partial charge < -0.3 is 4.74 Å². The molecule has 0 atom stereocenters. The average Bonchev–Trinajstić information content (AvgIpc) is 2.35. The fraction of sp³-hybridized carbons (Fsp3) is 0.667. The van der Waals surface area contributed by atoms with Crippen LogP contribution in [0.2, 0.25) is 0 Å². The molecule has 1 heterocycles. The molecule has 0 aliphatic carbocycles. The van der Waals surface area contributed by atoms with Crippen molar-refractivity contribution in [1.82, 2.24) is 0 Å². The molecule has 62 valence electrons. The molecule has 1 aliphatic heterocycles. The Labute approximate surface area is 67.2 Å². The van der Waals surface area contributed by atoms with E-state index in [4.69, 9.17) is 4.74 Å². The first-order valence-corrected chi connectivity index (χ1v) is 4.06. The van der Waals surface area contributed by atoms with Gasteiger partial charge in [-0.3, -0.25) is 4.79 Å². The Kier molecular flexibility index (Phi) is 2.69. The molecule has 1 aliphatic rings. The Hall–Kier alpha value is -0.790. The Morgan fingerprint density at radius 2 is 2.45 bits per heavy atom. The van der Waals surface area contributed by atoms with Crippen LogP contribution in [0.25, 0.3) is 0 Å². The minimum Gasteiger partial charge on any atom is -0.490 e. The molecule has 0 fully saturated rings. The van der Waals surface area contributed by atoms with E-state index in [1.54, 1.807) is 0 Å². The van der Waals surface area contributed by atoms with E-state index in [9.17, 15) is 4.79 Å². The average molecular weight is 154 g/mol. The standard InChI is InChI=1S/C9H14O2/c1-7(2)6-8(10)9-4-3-5-11-9/h4,7H,3,5-6H2,1-2H3. The lowest BCUT2D eigenvalue weighted by Gasteiger charge is -2.04. The number of hydrogen-bond donors (Lipinski definition) is 0. The predicted octanol–water partition coefficient (Wildman–Crippen LogP) is 1.91. The largest absolute Gasteiger partial charge is 0.490 e. The van der Waals surface area contributed by atoms with Gasteiger partial charge in [0.25, 0.3) is 0 Å². The summed E-state index contributed by atoms with van der Waals surface area (Å²) in [5.74, 6) is 1.16. The van der Waals surface area contributed by atoms with Crippen LogP contribution in [-0.2, 0) is 9.53 Å². The van der Waals surface area contributed by atoms with E-state index in [1.165, 1.54) is 0 Å². The maximum Gasteiger partial charge on any atom is 0.197 e. The van der Waals surface area contributed by atoms with Gasteiger partial charge in [-0.1, -0.05) is 13.8 Å². The second-order valence-corrected chi connectivity index (χ2v) is 3.23. The lowest BCUT2D eigenvalue weighted by atomic mass is 10.1. The molecule has 0 bridgehead atoms. The quantitative estimate of drug-likeness (QED) is 0.620. The smallest absolute Gasteiger partial charge is 0.197 e. The van der Waals surface area contributed by atoms with Crippen LogP contribution in [0.4, 0.5) is 0 Å². The van der Waals surface area contributed by atoms with Gasteiger partial charge in [0.2, 0.25) is 0 Å². The van der Waals surface area contributed by atoms with E-state index >= 15 is 0 Å². The van der Waals surface area contributed by atoms with E-state index < -0.39 is 0 Å². The van der Waals surface area contributed by atoms with Crippen molar-refractivity contribution in [2.45, 2.75) is 26.7 Å². The molecule has 0 N–H and O–H groups in total. The highest BCUT2D eigenvalue weighted by atomic mass is 16.5. The molecule has 2 nitrogen and oxygen atoms in total. The maximum absolute atomic E-state index is 11.3. The van der Waals surface area contributed by atoms with Crippen molar-refractivity contribution in [3.8, 4) is 0 Å². The van der Waals surface area contributed by atoms with Crippen LogP contribution in [0.5, 0.6) is 0 Å². The number of hydrogen-bond acceptors (Lipinski definition) is 2. The summed E-state index contributed by atoms with van der Waals surface area (Å²) in [5, 5.41) is 0. The zero-order chi connectivity index (χ0) is 8.27. The predicted molar refractivity (Wildman–Crippen MR) is 43.1 cm³/mol. The lowest BCUT2D eigenvalue weighted by Crippen LogP contribution is -2.06. The second kappa shape index (κ2) is 3.56. The summed E-state index contributed by atoms with van der Waals surface area (Å²) < 4.78 is 5.13. The number of carbonyl (C=O) groups excluding carboxylic acids is 1. The molecule has 2 heteroatoms. The van der Waals surface area contributed by atoms with Crippen molar-refractivity contribution in [1.29, 1.82) is 0 Å². The summed E-state index contributed by atoms with van der Waals surface area (Å²) >= 11 is 0. The van der Waals surface area contributed by atoms with Crippen LogP contribution in [0.1, 0.15) is 26.7 Å². The van der Waals surface area contributed by atoms with Crippen LogP contribution >= 0.6 is 0 Å². The van der Waals surface area contributed by atoms with Crippen molar-refractivity contribution < 1.29 is 9.53 Å². The Morgan fingerprint density at radius 1 is 1.73 bits per heavy atom. The number of Topliss-reactive ketones (excluding diaryl/α,β-unsaturated/α-hetero) is 1. The zero-order valence-electron chi connectivity index (χ0n) is 7.09. The third-order valence-electron chi connectivity index (χ3n) is 1.57. The summed E-state index contributed by atoms with van der Waals surface area (Å²) in [6, 6.07) is 0. The Morgan fingerprint density at radius 3 is 2.91 bits per heavy atom. The van der Waals surface area contributed by atoms with Gasteiger partial charge in [0.15, 0.2) is 11.5 Å². The van der Waals surface area contributed by atoms with Crippen molar-refractivity contribution in [3.05, 3.63) is 11.8 Å². The number of ether oxygens (including phenoxy) is 1. The van der Waals surface area contributed by atoms with Crippen LogP contribution in [-0.4, -0.2) is 12.4 Å². The SMILES string of the molecule is CC(C)CC(=O)C1=CCCO1. The summed E-state index contributed by atoms with van der Waals surface area (Å²) in [4.78, 5) is 11.3. The molecular weight excluding hydrogens is 140 g/mol. The highest BCUT2D eigenvalue weighted by Gasteiger charge is 2.15. The van der Waals surface area contributed by atoms with Gasteiger partial charge >= 0.3 is 0 Å². The summed E-state index contributed by atoms with van der Waals surface area (Å²) in [6.07, 6.45) is 3.37. The highest BCUT2D eigenvalue weighted by molar-refractivity contribution is 5.93. The number of carbonyl (C=O) groups is 1. The van der Waals surface area contributed by atoms with Gasteiger partial charge in [0.05, 0.1) is 6.61 Å². The topological polar surface area (TPSA) is 26.3 Å². The molecule has 0 aromatic heterocycles. The molecule has 1 rings (SSSR count). The summed E-state index contributed by atoms with van der Waals surface area (Å²) in [6.45, 7) is 4.75. The van der Waals surface area contributed by atoms with Crippen molar-refractivity contribution in [3.63, 3.8) is 0 Å². The van der Waals surface area contributed by atoms with Crippen LogP contribution in [0, 0.1) is 5.92 Å². The number of allylic oxidation sites excluding steroid dienone is 1. The normalized spacial score (nSPS) is 16.5. The Balaban J connectivity index is 2.41. The molecule has 0 aromatic carbocycles. The van der Waals surface area contributed by atoms with Crippen LogP contribution in [0.3, 0.4) is 0 Å². The fourth-order valence-electron chi connectivity index (χ4n) is 1.08. The van der Waals surface area contributed by atoms with E-state index in [0.717, 1.165) is 6.42 Å². The van der Waals surface area contributed by atoms with Crippen LogP contribution in [0.15, 0.2) is 11.8 Å². The third kappa shape index (κ3) is 2.37. The Bertz CT molecular complexity index is 180. The van der Waals surface area contributed by atoms with Crippen molar-refractivity contribution in [2.24, 2.45) is 5.92 Å². The van der Waals surface area contributed by atoms with E-state index in [0.29, 0.717) is 24.7 Å². The molecule has 0 radical (unpaired) electrons. The maximum atomic E-state index is 11.3. The van der Waals surface area contributed by atoms with Gasteiger partial charge in [-0.15, -0.1) is 0 Å². The lowest BCUT2D eigenvalue weighted by molar-refractivity contribution is -0.119. The molecule has 0 unspecified atom stereocenters. The molecular formula is C9H14O2. The fourth-order valence-corrected chi connectivity index (χ4v) is 1.08. The zero-order valence-corrected chi connectivity index (χ0v) is 7.09. The molecule has 0 saturated carbocycles. The van der Waals surface area contributed by atoms with Crippen LogP contribution < -0.4 is 0 Å². The van der Waals surface area contributed by atoms with Crippen molar-refractivity contribution >= 4 is 5.78 Å². The van der Waals surface area contributed by atoms with Gasteiger partial charge in [-0.05, 0) is 12.0 Å². The minimum absolute atomic E-state index is 0.150. The molecule has 11 heavy (non-hydrogen) atoms. The third-order valence-corrected chi connectivity index (χ3v) is 1.57. The van der Waals surface area contributed by atoms with E-state index in [2.05, 4.69) is 0 Å². The van der Waals surface area contributed by atoms with E-state index in [-0.39, 0.29) is 5.78 Å². The first-order chi connectivity index (χ1) is 5.20. The van der Waals surface area contributed by atoms with Crippen molar-refractivity contribution in [2.75, 3.05) is 6.61 Å². The monoisotopic (exact) mass is 154 g/mol. The van der Waals surface area contributed by atoms with Gasteiger partial charge in [0, 0.05) is 12.8 Å². The van der Waals surface area contributed by atoms with E-state index in [1.807, 2.05) is 19.9 Å². The van der Waals surface area contributed by atoms with Gasteiger partial charge in [-0.25, -0.2) is 0 Å². The second-order valence-electron chi connectivity index (χ2n) is 3.23. The summed E-state index contributed by atoms with van der Waals surface area (Å²) in [7, 11) is 0. The molecule has 0 aromatic rings. The minimum atomic E-state index is 0.150. The summed E-state index contributed by atoms with van der Waals surface area (Å²) in [5.41, 5.74) is 0. The van der Waals surface area contributed by atoms with Gasteiger partial charge in [0.1, 0.15) is 0 Å². The number of ketones is 1. The molecule has 0 saturated heterocycles. The first kappa shape index (κ1) is 8.31. The molecule has 0 amide bonds. The first-order valence-electron chi connectivity index (χ1n) is 4.06. The van der Waals surface area contributed by atoms with Gasteiger partial charge in [-0.2, -0.15) is 0 Å². The number of rotatable bonds is 3. The molecule has 0 spiro atoms.